The Kier molecular flexibility index (Phi) is 5.56. The van der Waals surface area contributed by atoms with E-state index in [1.165, 1.54) is 11.1 Å². The first-order valence-electron chi connectivity index (χ1n) is 8.05. The van der Waals surface area contributed by atoms with Crippen molar-refractivity contribution in [1.82, 2.24) is 5.32 Å². The average molecular weight is 310 g/mol. The molecule has 2 N–H and O–H groups in total. The number of amides is 1. The minimum Gasteiger partial charge on any atom is -0.325 e. The first-order chi connectivity index (χ1) is 10.9. The molecule has 0 aromatic heterocycles. The molecule has 1 atom stereocenters. The van der Waals surface area contributed by atoms with E-state index in [0.717, 1.165) is 5.69 Å². The highest BCUT2D eigenvalue weighted by Gasteiger charge is 2.13. The maximum absolute atomic E-state index is 12.1. The Labute approximate surface area is 139 Å². The third-order valence-electron chi connectivity index (χ3n) is 3.90. The van der Waals surface area contributed by atoms with Gasteiger partial charge in [0.15, 0.2) is 0 Å². The average Bonchev–Trinajstić information content (AvgIpc) is 2.53. The number of anilines is 1. The Hall–Kier alpha value is -2.13. The van der Waals surface area contributed by atoms with Crippen LogP contribution in [0.1, 0.15) is 44.9 Å². The van der Waals surface area contributed by atoms with E-state index in [9.17, 15) is 4.79 Å². The Morgan fingerprint density at radius 2 is 1.61 bits per heavy atom. The normalized spacial score (nSPS) is 12.7. The third kappa shape index (κ3) is 5.22. The standard InChI is InChI=1S/C20H26N2O/c1-15(16-8-6-5-7-9-16)21-14-19(23)22-18-12-10-17(11-13-18)20(2,3)4/h5-13,15,21H,14H2,1-4H3,(H,22,23). The van der Waals surface area contributed by atoms with Crippen LogP contribution in [0.5, 0.6) is 0 Å². The number of rotatable bonds is 5. The first-order valence-corrected chi connectivity index (χ1v) is 8.05. The van der Waals surface area contributed by atoms with Crippen LogP contribution in [0.15, 0.2) is 54.6 Å². The fraction of sp³-hybridized carbons (Fsp3) is 0.350. The van der Waals surface area contributed by atoms with E-state index in [4.69, 9.17) is 0 Å². The molecule has 2 aromatic carbocycles. The number of carbonyl (C=O) groups excluding carboxylic acids is 1. The van der Waals surface area contributed by atoms with E-state index in [0.29, 0.717) is 0 Å². The van der Waals surface area contributed by atoms with Crippen LogP contribution in [0.2, 0.25) is 0 Å². The summed E-state index contributed by atoms with van der Waals surface area (Å²) in [6.45, 7) is 8.87. The molecule has 2 rings (SSSR count). The second-order valence-electron chi connectivity index (χ2n) is 6.89. The van der Waals surface area contributed by atoms with E-state index in [1.807, 2.05) is 30.3 Å². The molecule has 3 heteroatoms. The van der Waals surface area contributed by atoms with Crippen LogP contribution >= 0.6 is 0 Å². The molecule has 0 saturated heterocycles. The lowest BCUT2D eigenvalue weighted by Crippen LogP contribution is -2.30. The number of nitrogens with one attached hydrogen (secondary N) is 2. The molecule has 0 saturated carbocycles. The van der Waals surface area contributed by atoms with E-state index in [2.05, 4.69) is 62.6 Å². The highest BCUT2D eigenvalue weighted by Crippen LogP contribution is 2.23. The van der Waals surface area contributed by atoms with Gasteiger partial charge in [-0.15, -0.1) is 0 Å². The van der Waals surface area contributed by atoms with Crippen molar-refractivity contribution in [3.8, 4) is 0 Å². The Morgan fingerprint density at radius 1 is 1.00 bits per heavy atom. The van der Waals surface area contributed by atoms with Gasteiger partial charge in [-0.05, 0) is 35.6 Å². The predicted molar refractivity (Wildman–Crippen MR) is 96.6 cm³/mol. The SMILES string of the molecule is CC(NCC(=O)Nc1ccc(C(C)(C)C)cc1)c1ccccc1. The van der Waals surface area contributed by atoms with Gasteiger partial charge < -0.3 is 10.6 Å². The molecular formula is C20H26N2O. The minimum absolute atomic E-state index is 0.0312. The lowest BCUT2D eigenvalue weighted by molar-refractivity contribution is -0.115. The Bertz CT molecular complexity index is 627. The largest absolute Gasteiger partial charge is 0.325 e. The number of hydrogen-bond donors (Lipinski definition) is 2. The van der Waals surface area contributed by atoms with Crippen LogP contribution in [-0.4, -0.2) is 12.5 Å². The zero-order valence-corrected chi connectivity index (χ0v) is 14.4. The molecule has 2 aromatic rings. The van der Waals surface area contributed by atoms with E-state index >= 15 is 0 Å². The Balaban J connectivity index is 1.85. The van der Waals surface area contributed by atoms with Gasteiger partial charge in [-0.2, -0.15) is 0 Å². The van der Waals surface area contributed by atoms with Crippen molar-refractivity contribution in [2.24, 2.45) is 0 Å². The summed E-state index contributed by atoms with van der Waals surface area (Å²) in [5.74, 6) is -0.0312. The lowest BCUT2D eigenvalue weighted by atomic mass is 9.87. The topological polar surface area (TPSA) is 41.1 Å². The molecule has 1 amide bonds. The van der Waals surface area contributed by atoms with Gasteiger partial charge in [-0.1, -0.05) is 63.2 Å². The van der Waals surface area contributed by atoms with E-state index in [1.54, 1.807) is 0 Å². The van der Waals surface area contributed by atoms with Crippen LogP contribution in [0, 0.1) is 0 Å². The fourth-order valence-electron chi connectivity index (χ4n) is 2.36. The van der Waals surface area contributed by atoms with Gasteiger partial charge in [0.2, 0.25) is 5.91 Å². The molecule has 1 unspecified atom stereocenters. The third-order valence-corrected chi connectivity index (χ3v) is 3.90. The van der Waals surface area contributed by atoms with Crippen molar-refractivity contribution in [3.63, 3.8) is 0 Å². The van der Waals surface area contributed by atoms with Crippen LogP contribution in [0.25, 0.3) is 0 Å². The molecule has 0 fully saturated rings. The summed E-state index contributed by atoms with van der Waals surface area (Å²) in [6, 6.07) is 18.3. The van der Waals surface area contributed by atoms with Gasteiger partial charge in [0, 0.05) is 11.7 Å². The van der Waals surface area contributed by atoms with Gasteiger partial charge in [0.05, 0.1) is 6.54 Å². The fourth-order valence-corrected chi connectivity index (χ4v) is 2.36. The van der Waals surface area contributed by atoms with E-state index < -0.39 is 0 Å². The molecular weight excluding hydrogens is 284 g/mol. The van der Waals surface area contributed by atoms with Gasteiger partial charge in [-0.3, -0.25) is 4.79 Å². The summed E-state index contributed by atoms with van der Waals surface area (Å²) < 4.78 is 0. The molecule has 0 heterocycles. The number of carbonyl (C=O) groups is 1. The van der Waals surface area contributed by atoms with Crippen molar-refractivity contribution in [2.75, 3.05) is 11.9 Å². The maximum atomic E-state index is 12.1. The summed E-state index contributed by atoms with van der Waals surface area (Å²) in [7, 11) is 0. The molecule has 0 bridgehead atoms. The van der Waals surface area contributed by atoms with E-state index in [-0.39, 0.29) is 23.9 Å². The van der Waals surface area contributed by atoms with Crippen LogP contribution in [-0.2, 0) is 10.2 Å². The van der Waals surface area contributed by atoms with Crippen molar-refractivity contribution in [2.45, 2.75) is 39.2 Å². The number of hydrogen-bond acceptors (Lipinski definition) is 2. The summed E-state index contributed by atoms with van der Waals surface area (Å²) in [6.07, 6.45) is 0. The summed E-state index contributed by atoms with van der Waals surface area (Å²) in [5.41, 5.74) is 3.38. The van der Waals surface area contributed by atoms with Gasteiger partial charge in [0.25, 0.3) is 0 Å². The van der Waals surface area contributed by atoms with Gasteiger partial charge in [-0.25, -0.2) is 0 Å². The highest BCUT2D eigenvalue weighted by molar-refractivity contribution is 5.92. The molecule has 0 radical (unpaired) electrons. The second kappa shape index (κ2) is 7.42. The monoisotopic (exact) mass is 310 g/mol. The van der Waals surface area contributed by atoms with Crippen LogP contribution in [0.4, 0.5) is 5.69 Å². The molecule has 0 aliphatic heterocycles. The second-order valence-corrected chi connectivity index (χ2v) is 6.89. The van der Waals surface area contributed by atoms with Gasteiger partial charge >= 0.3 is 0 Å². The summed E-state index contributed by atoms with van der Waals surface area (Å²) in [5, 5.41) is 6.17. The molecule has 0 aliphatic carbocycles. The molecule has 122 valence electrons. The molecule has 23 heavy (non-hydrogen) atoms. The van der Waals surface area contributed by atoms with Crippen molar-refractivity contribution in [1.29, 1.82) is 0 Å². The minimum atomic E-state index is -0.0312. The maximum Gasteiger partial charge on any atom is 0.238 e. The molecule has 3 nitrogen and oxygen atoms in total. The lowest BCUT2D eigenvalue weighted by Gasteiger charge is -2.19. The number of benzene rings is 2. The van der Waals surface area contributed by atoms with Crippen molar-refractivity contribution < 1.29 is 4.79 Å². The van der Waals surface area contributed by atoms with Crippen LogP contribution in [0.3, 0.4) is 0 Å². The smallest absolute Gasteiger partial charge is 0.238 e. The van der Waals surface area contributed by atoms with Gasteiger partial charge in [0.1, 0.15) is 0 Å². The van der Waals surface area contributed by atoms with Crippen molar-refractivity contribution >= 4 is 11.6 Å². The zero-order chi connectivity index (χ0) is 16.9. The first kappa shape index (κ1) is 17.2. The highest BCUT2D eigenvalue weighted by atomic mass is 16.1. The van der Waals surface area contributed by atoms with Crippen molar-refractivity contribution in [3.05, 3.63) is 65.7 Å². The zero-order valence-electron chi connectivity index (χ0n) is 14.4. The quantitative estimate of drug-likeness (QED) is 0.865. The molecule has 0 spiro atoms. The van der Waals surface area contributed by atoms with Crippen LogP contribution < -0.4 is 10.6 Å². The summed E-state index contributed by atoms with van der Waals surface area (Å²) >= 11 is 0. The summed E-state index contributed by atoms with van der Waals surface area (Å²) in [4.78, 5) is 12.1. The molecule has 0 aliphatic rings. The Morgan fingerprint density at radius 3 is 2.17 bits per heavy atom. The predicted octanol–water partition coefficient (Wildman–Crippen LogP) is 4.27.